The van der Waals surface area contributed by atoms with Gasteiger partial charge in [0.1, 0.15) is 30.2 Å². The molecule has 7 amide bonds. The third kappa shape index (κ3) is 13.3. The number of hydrogen-bond donors (Lipinski definition) is 9. The average Bonchev–Trinajstić information content (AvgIpc) is 3.46. The van der Waals surface area contributed by atoms with Crippen LogP contribution in [0.5, 0.6) is 0 Å². The lowest BCUT2D eigenvalue weighted by Gasteiger charge is -2.31. The lowest BCUT2D eigenvalue weighted by molar-refractivity contribution is -0.143. The third-order valence-corrected chi connectivity index (χ3v) is 7.55. The Bertz CT molecular complexity index is 1080. The number of hydrogen-bond acceptors (Lipinski definition) is 10. The minimum atomic E-state index is -1.46. The molecule has 1 fully saturated rings. The summed E-state index contributed by atoms with van der Waals surface area (Å²) in [6, 6.07) is -6.65. The first kappa shape index (κ1) is 40.2. The summed E-state index contributed by atoms with van der Waals surface area (Å²) >= 11 is 0. The smallest absolute Gasteiger partial charge is 0.245 e. The van der Waals surface area contributed by atoms with Crippen LogP contribution in [0.2, 0.25) is 0 Å². The summed E-state index contributed by atoms with van der Waals surface area (Å²) in [6.07, 6.45) is 0.461. The molecule has 1 aliphatic heterocycles. The van der Waals surface area contributed by atoms with E-state index in [0.717, 1.165) is 0 Å². The van der Waals surface area contributed by atoms with Crippen molar-refractivity contribution in [3.05, 3.63) is 0 Å². The Balaban J connectivity index is 3.21. The fourth-order valence-electron chi connectivity index (χ4n) is 5.04. The van der Waals surface area contributed by atoms with Gasteiger partial charge in [-0.1, -0.05) is 13.8 Å². The second kappa shape index (κ2) is 19.6. The Morgan fingerprint density at radius 1 is 0.826 bits per heavy atom. The van der Waals surface area contributed by atoms with Gasteiger partial charge in [-0.15, -0.1) is 0 Å². The van der Waals surface area contributed by atoms with Crippen molar-refractivity contribution in [2.24, 2.45) is 28.9 Å². The largest absolute Gasteiger partial charge is 0.391 e. The van der Waals surface area contributed by atoms with Crippen LogP contribution in [0.1, 0.15) is 79.1 Å². The van der Waals surface area contributed by atoms with Gasteiger partial charge in [0.15, 0.2) is 0 Å². The Kier molecular flexibility index (Phi) is 17.2. The summed E-state index contributed by atoms with van der Waals surface area (Å²) in [4.78, 5) is 90.5. The van der Waals surface area contributed by atoms with Crippen LogP contribution in [0, 0.1) is 5.92 Å². The zero-order chi connectivity index (χ0) is 35.1. The number of unbranched alkanes of at least 4 members (excludes halogenated alkanes) is 1. The van der Waals surface area contributed by atoms with E-state index in [-0.39, 0.29) is 38.1 Å². The van der Waals surface area contributed by atoms with Crippen LogP contribution in [0.15, 0.2) is 0 Å². The van der Waals surface area contributed by atoms with Gasteiger partial charge in [-0.25, -0.2) is 0 Å². The van der Waals surface area contributed by atoms with E-state index in [4.69, 9.17) is 22.9 Å². The average molecular weight is 656 g/mol. The lowest BCUT2D eigenvalue weighted by Crippen LogP contribution is -2.60. The van der Waals surface area contributed by atoms with E-state index >= 15 is 0 Å². The van der Waals surface area contributed by atoms with Crippen LogP contribution in [-0.4, -0.2) is 107 Å². The molecule has 0 aromatic rings. The Hall–Kier alpha value is -3.83. The van der Waals surface area contributed by atoms with E-state index in [0.29, 0.717) is 32.2 Å². The zero-order valence-electron chi connectivity index (χ0n) is 27.3. The topological polar surface area (TPSA) is 295 Å². The lowest BCUT2D eigenvalue weighted by atomic mass is 10.0. The molecular weight excluding hydrogens is 602 g/mol. The maximum Gasteiger partial charge on any atom is 0.245 e. The minimum absolute atomic E-state index is 0.0285. The molecule has 0 aromatic heterocycles. The summed E-state index contributed by atoms with van der Waals surface area (Å²) in [5.41, 5.74) is 21.8. The Labute approximate surface area is 269 Å². The summed E-state index contributed by atoms with van der Waals surface area (Å²) in [6.45, 7) is 7.05. The van der Waals surface area contributed by atoms with Gasteiger partial charge in [-0.05, 0) is 71.3 Å². The van der Waals surface area contributed by atoms with Crippen molar-refractivity contribution < 1.29 is 38.7 Å². The number of nitrogens with two attached hydrogens (primary N) is 4. The predicted molar refractivity (Wildman–Crippen MR) is 168 cm³/mol. The van der Waals surface area contributed by atoms with Gasteiger partial charge >= 0.3 is 0 Å². The molecule has 13 N–H and O–H groups in total. The molecule has 17 heteroatoms. The van der Waals surface area contributed by atoms with E-state index < -0.39 is 83.7 Å². The number of carbonyl (C=O) groups excluding carboxylic acids is 7. The van der Waals surface area contributed by atoms with E-state index in [2.05, 4.69) is 21.3 Å². The van der Waals surface area contributed by atoms with E-state index in [1.54, 1.807) is 0 Å². The molecule has 0 aliphatic carbocycles. The number of nitrogens with zero attached hydrogens (tertiary/aromatic N) is 1. The summed E-state index contributed by atoms with van der Waals surface area (Å²) < 4.78 is 0. The molecule has 0 unspecified atom stereocenters. The van der Waals surface area contributed by atoms with Crippen LogP contribution in [-0.2, 0) is 33.6 Å². The van der Waals surface area contributed by atoms with Crippen molar-refractivity contribution >= 4 is 41.4 Å². The molecule has 1 rings (SSSR count). The highest BCUT2D eigenvalue weighted by Gasteiger charge is 2.40. The molecule has 262 valence electrons. The number of nitrogens with one attached hydrogen (secondary N) is 4. The molecule has 0 radical (unpaired) electrons. The summed E-state index contributed by atoms with van der Waals surface area (Å²) in [7, 11) is 0. The normalized spacial score (nSPS) is 18.4. The van der Waals surface area contributed by atoms with Gasteiger partial charge in [0.25, 0.3) is 0 Å². The van der Waals surface area contributed by atoms with Crippen molar-refractivity contribution in [3.8, 4) is 0 Å². The molecular formula is C29H53N9O8. The number of rotatable bonds is 20. The quantitative estimate of drug-likeness (QED) is 0.0585. The monoisotopic (exact) mass is 655 g/mol. The molecule has 1 saturated heterocycles. The first-order chi connectivity index (χ1) is 21.5. The van der Waals surface area contributed by atoms with Gasteiger partial charge in [-0.3, -0.25) is 33.6 Å². The highest BCUT2D eigenvalue weighted by molar-refractivity contribution is 5.97. The molecule has 46 heavy (non-hydrogen) atoms. The molecule has 0 saturated carbocycles. The first-order valence-electron chi connectivity index (χ1n) is 15.7. The SMILES string of the molecule is CC(C)C[C@H](NC(=O)[C@H](C)N)C(=O)N[C@@H](CCCCN)C(=O)N1CCC[C@H]1C(=O)N[C@@H](CCC(N)=O)C(=O)N[C@H](C(N)=O)[C@@H](C)O. The molecule has 0 aromatic carbocycles. The summed E-state index contributed by atoms with van der Waals surface area (Å²) in [5.74, 6) is -4.91. The molecule has 1 aliphatic rings. The van der Waals surface area contributed by atoms with Crippen LogP contribution >= 0.6 is 0 Å². The van der Waals surface area contributed by atoms with Crippen molar-refractivity contribution in [3.63, 3.8) is 0 Å². The number of likely N-dealkylation sites (tertiary alicyclic amines) is 1. The maximum atomic E-state index is 13.9. The third-order valence-electron chi connectivity index (χ3n) is 7.55. The van der Waals surface area contributed by atoms with Crippen molar-refractivity contribution in [2.45, 2.75) is 121 Å². The van der Waals surface area contributed by atoms with Gasteiger partial charge in [0, 0.05) is 13.0 Å². The number of aliphatic hydroxyl groups is 1. The minimum Gasteiger partial charge on any atom is -0.391 e. The predicted octanol–water partition coefficient (Wildman–Crippen LogP) is -3.43. The standard InChI is InChI=1S/C29H53N9O8/c1-15(2)14-20(36-25(42)16(3)31)27(44)35-19(8-5-6-12-30)29(46)38-13-7-9-21(38)28(45)34-18(10-11-22(32)40)26(43)37-23(17(4)39)24(33)41/h15-21,23,39H,5-14,30-31H2,1-4H3,(H2,32,40)(H2,33,41)(H,34,45)(H,35,44)(H,36,42)(H,37,43)/t16-,17+,18-,19-,20-,21-,23-/m0/s1. The molecule has 0 spiro atoms. The number of amides is 7. The second-order valence-corrected chi connectivity index (χ2v) is 12.2. The van der Waals surface area contributed by atoms with E-state index in [9.17, 15) is 38.7 Å². The van der Waals surface area contributed by atoms with Crippen LogP contribution < -0.4 is 44.2 Å². The zero-order valence-corrected chi connectivity index (χ0v) is 27.3. The van der Waals surface area contributed by atoms with Gasteiger partial charge < -0.3 is 54.2 Å². The Morgan fingerprint density at radius 3 is 1.96 bits per heavy atom. The van der Waals surface area contributed by atoms with E-state index in [1.165, 1.54) is 18.7 Å². The maximum absolute atomic E-state index is 13.9. The molecule has 17 nitrogen and oxygen atoms in total. The highest BCUT2D eigenvalue weighted by Crippen LogP contribution is 2.21. The van der Waals surface area contributed by atoms with Gasteiger partial charge in [-0.2, -0.15) is 0 Å². The number of aliphatic hydroxyl groups excluding tert-OH is 1. The molecule has 7 atom stereocenters. The Morgan fingerprint density at radius 2 is 1.43 bits per heavy atom. The van der Waals surface area contributed by atoms with Crippen LogP contribution in [0.4, 0.5) is 0 Å². The van der Waals surface area contributed by atoms with E-state index in [1.807, 2.05) is 13.8 Å². The molecule has 1 heterocycles. The highest BCUT2D eigenvalue weighted by atomic mass is 16.3. The van der Waals surface area contributed by atoms with Crippen LogP contribution in [0.25, 0.3) is 0 Å². The van der Waals surface area contributed by atoms with Crippen molar-refractivity contribution in [1.82, 2.24) is 26.2 Å². The fraction of sp³-hybridized carbons (Fsp3) is 0.759. The molecule has 0 bridgehead atoms. The second-order valence-electron chi connectivity index (χ2n) is 12.2. The summed E-state index contributed by atoms with van der Waals surface area (Å²) in [5, 5.41) is 20.0. The fourth-order valence-corrected chi connectivity index (χ4v) is 5.04. The van der Waals surface area contributed by atoms with Gasteiger partial charge in [0.05, 0.1) is 12.1 Å². The van der Waals surface area contributed by atoms with Crippen molar-refractivity contribution in [1.29, 1.82) is 0 Å². The number of carbonyl (C=O) groups is 7. The van der Waals surface area contributed by atoms with Gasteiger partial charge in [0.2, 0.25) is 41.4 Å². The van der Waals surface area contributed by atoms with Crippen LogP contribution in [0.3, 0.4) is 0 Å². The first-order valence-corrected chi connectivity index (χ1v) is 15.7. The van der Waals surface area contributed by atoms with Crippen molar-refractivity contribution in [2.75, 3.05) is 13.1 Å². The number of primary amides is 2.